The first-order valence-corrected chi connectivity index (χ1v) is 5.03. The lowest BCUT2D eigenvalue weighted by atomic mass is 10.2. The van der Waals surface area contributed by atoms with Crippen LogP contribution in [0.15, 0.2) is 34.8 Å². The van der Waals surface area contributed by atoms with E-state index in [-0.39, 0.29) is 5.97 Å². The van der Waals surface area contributed by atoms with Gasteiger partial charge in [-0.2, -0.15) is 0 Å². The van der Waals surface area contributed by atoms with Crippen molar-refractivity contribution >= 4 is 27.7 Å². The van der Waals surface area contributed by atoms with E-state index in [4.69, 9.17) is 4.74 Å². The maximum Gasteiger partial charge on any atom is 0.308 e. The van der Waals surface area contributed by atoms with Crippen LogP contribution in [0.1, 0.15) is 19.4 Å². The molecule has 0 saturated carbocycles. The lowest BCUT2D eigenvalue weighted by molar-refractivity contribution is -0.134. The Morgan fingerprint density at radius 1 is 1.36 bits per heavy atom. The van der Waals surface area contributed by atoms with Crippen molar-refractivity contribution in [3.8, 4) is 0 Å². The van der Waals surface area contributed by atoms with Crippen LogP contribution < -0.4 is 0 Å². The maximum absolute atomic E-state index is 10.8. The zero-order valence-corrected chi connectivity index (χ0v) is 9.67. The molecule has 0 heterocycles. The van der Waals surface area contributed by atoms with Gasteiger partial charge >= 0.3 is 5.97 Å². The highest BCUT2D eigenvalue weighted by atomic mass is 79.9. The first-order valence-electron chi connectivity index (χ1n) is 4.24. The minimum Gasteiger partial charge on any atom is -0.426 e. The van der Waals surface area contributed by atoms with Crippen molar-refractivity contribution in [2.45, 2.75) is 13.8 Å². The van der Waals surface area contributed by atoms with Crippen molar-refractivity contribution in [3.05, 3.63) is 40.4 Å². The number of benzene rings is 1. The Labute approximate surface area is 91.7 Å². The highest BCUT2D eigenvalue weighted by Crippen LogP contribution is 2.18. The number of hydrogen-bond acceptors (Lipinski definition) is 2. The molecule has 2 nitrogen and oxygen atoms in total. The number of hydrogen-bond donors (Lipinski definition) is 0. The molecule has 1 aromatic carbocycles. The van der Waals surface area contributed by atoms with Gasteiger partial charge < -0.3 is 4.74 Å². The van der Waals surface area contributed by atoms with Gasteiger partial charge in [0.2, 0.25) is 0 Å². The number of halogens is 1. The second-order valence-electron chi connectivity index (χ2n) is 2.75. The summed E-state index contributed by atoms with van der Waals surface area (Å²) in [5, 5.41) is 0. The molecular weight excluding hydrogens is 244 g/mol. The van der Waals surface area contributed by atoms with Gasteiger partial charge in [-0.25, -0.2) is 0 Å². The highest BCUT2D eigenvalue weighted by molar-refractivity contribution is 9.10. The molecule has 0 unspecified atom stereocenters. The van der Waals surface area contributed by atoms with E-state index in [0.29, 0.717) is 5.76 Å². The Hall–Kier alpha value is -1.09. The van der Waals surface area contributed by atoms with Crippen molar-refractivity contribution in [2.75, 3.05) is 0 Å². The summed E-state index contributed by atoms with van der Waals surface area (Å²) in [6, 6.07) is 7.59. The van der Waals surface area contributed by atoms with Crippen molar-refractivity contribution in [1.29, 1.82) is 0 Å². The van der Waals surface area contributed by atoms with Crippen LogP contribution in [0.25, 0.3) is 5.76 Å². The van der Waals surface area contributed by atoms with E-state index in [1.54, 1.807) is 6.08 Å². The Bertz CT molecular complexity index is 352. The predicted molar refractivity (Wildman–Crippen MR) is 59.6 cm³/mol. The molecule has 0 saturated heterocycles. The van der Waals surface area contributed by atoms with Crippen LogP contribution in [0.5, 0.6) is 0 Å². The fourth-order valence-corrected chi connectivity index (χ4v) is 1.32. The molecule has 0 radical (unpaired) electrons. The van der Waals surface area contributed by atoms with Gasteiger partial charge in [0.25, 0.3) is 0 Å². The molecule has 0 aliphatic heterocycles. The van der Waals surface area contributed by atoms with Crippen LogP contribution in [0.4, 0.5) is 0 Å². The standard InChI is InChI=1S/C11H11BrO2/c1-3-11(14-8(2)13)9-4-6-10(12)7-5-9/h3-7H,1-2H3/b11-3+. The van der Waals surface area contributed by atoms with Crippen molar-refractivity contribution in [3.63, 3.8) is 0 Å². The summed E-state index contributed by atoms with van der Waals surface area (Å²) in [6.45, 7) is 3.22. The van der Waals surface area contributed by atoms with Gasteiger partial charge in [-0.1, -0.05) is 28.1 Å². The predicted octanol–water partition coefficient (Wildman–Crippen LogP) is 3.37. The van der Waals surface area contributed by atoms with E-state index in [1.807, 2.05) is 31.2 Å². The zero-order valence-electron chi connectivity index (χ0n) is 8.08. The Morgan fingerprint density at radius 3 is 2.36 bits per heavy atom. The van der Waals surface area contributed by atoms with E-state index in [1.165, 1.54) is 6.92 Å². The van der Waals surface area contributed by atoms with Gasteiger partial charge in [-0.15, -0.1) is 0 Å². The molecule has 0 bridgehead atoms. The molecular formula is C11H11BrO2. The largest absolute Gasteiger partial charge is 0.426 e. The van der Waals surface area contributed by atoms with Crippen molar-refractivity contribution in [2.24, 2.45) is 0 Å². The molecule has 0 aliphatic carbocycles. The monoisotopic (exact) mass is 254 g/mol. The molecule has 0 aromatic heterocycles. The molecule has 0 atom stereocenters. The van der Waals surface area contributed by atoms with Crippen molar-refractivity contribution < 1.29 is 9.53 Å². The molecule has 0 spiro atoms. The highest BCUT2D eigenvalue weighted by Gasteiger charge is 2.03. The van der Waals surface area contributed by atoms with E-state index in [0.717, 1.165) is 10.0 Å². The third-order valence-electron chi connectivity index (χ3n) is 1.64. The number of esters is 1. The average Bonchev–Trinajstić information content (AvgIpc) is 2.15. The lowest BCUT2D eigenvalue weighted by Gasteiger charge is -2.06. The van der Waals surface area contributed by atoms with Crippen LogP contribution in [-0.2, 0) is 9.53 Å². The van der Waals surface area contributed by atoms with E-state index < -0.39 is 0 Å². The second kappa shape index (κ2) is 4.96. The molecule has 1 rings (SSSR count). The van der Waals surface area contributed by atoms with Gasteiger partial charge in [0, 0.05) is 17.0 Å². The minimum absolute atomic E-state index is 0.305. The van der Waals surface area contributed by atoms with Gasteiger partial charge in [-0.05, 0) is 25.1 Å². The quantitative estimate of drug-likeness (QED) is 0.598. The van der Waals surface area contributed by atoms with Gasteiger partial charge in [0.05, 0.1) is 0 Å². The fraction of sp³-hybridized carbons (Fsp3) is 0.182. The molecule has 3 heteroatoms. The molecule has 1 aromatic rings. The smallest absolute Gasteiger partial charge is 0.308 e. The first-order chi connectivity index (χ1) is 6.63. The zero-order chi connectivity index (χ0) is 10.6. The number of ether oxygens (including phenoxy) is 1. The number of allylic oxidation sites excluding steroid dienone is 1. The molecule has 14 heavy (non-hydrogen) atoms. The van der Waals surface area contributed by atoms with E-state index in [2.05, 4.69) is 15.9 Å². The van der Waals surface area contributed by atoms with E-state index >= 15 is 0 Å². The minimum atomic E-state index is -0.305. The summed E-state index contributed by atoms with van der Waals surface area (Å²) in [4.78, 5) is 10.8. The normalized spacial score (nSPS) is 11.2. The van der Waals surface area contributed by atoms with Gasteiger partial charge in [-0.3, -0.25) is 4.79 Å². The van der Waals surface area contributed by atoms with Crippen LogP contribution in [-0.4, -0.2) is 5.97 Å². The third kappa shape index (κ3) is 3.00. The molecule has 0 amide bonds. The fourth-order valence-electron chi connectivity index (χ4n) is 1.05. The van der Waals surface area contributed by atoms with Crippen LogP contribution in [0.3, 0.4) is 0 Å². The van der Waals surface area contributed by atoms with Crippen LogP contribution in [0.2, 0.25) is 0 Å². The lowest BCUT2D eigenvalue weighted by Crippen LogP contribution is -1.97. The van der Waals surface area contributed by atoms with Crippen LogP contribution in [0, 0.1) is 0 Å². The molecule has 0 fully saturated rings. The molecule has 0 aliphatic rings. The topological polar surface area (TPSA) is 26.3 Å². The Balaban J connectivity index is 2.91. The summed E-state index contributed by atoms with van der Waals surface area (Å²) in [5.74, 6) is 0.283. The third-order valence-corrected chi connectivity index (χ3v) is 2.17. The summed E-state index contributed by atoms with van der Waals surface area (Å²) in [7, 11) is 0. The second-order valence-corrected chi connectivity index (χ2v) is 3.67. The van der Waals surface area contributed by atoms with Crippen molar-refractivity contribution in [1.82, 2.24) is 0 Å². The van der Waals surface area contributed by atoms with Crippen LogP contribution >= 0.6 is 15.9 Å². The summed E-state index contributed by atoms with van der Waals surface area (Å²) < 4.78 is 6.03. The SMILES string of the molecule is C/C=C(/OC(C)=O)c1ccc(Br)cc1. The first kappa shape index (κ1) is 11.0. The maximum atomic E-state index is 10.8. The summed E-state index contributed by atoms with van der Waals surface area (Å²) in [5.41, 5.74) is 0.894. The number of rotatable bonds is 2. The summed E-state index contributed by atoms with van der Waals surface area (Å²) >= 11 is 3.34. The van der Waals surface area contributed by atoms with Gasteiger partial charge in [0.15, 0.2) is 0 Å². The summed E-state index contributed by atoms with van der Waals surface area (Å²) in [6.07, 6.45) is 1.77. The Kier molecular flexibility index (Phi) is 3.89. The number of carbonyl (C=O) groups excluding carboxylic acids is 1. The van der Waals surface area contributed by atoms with E-state index in [9.17, 15) is 4.79 Å². The molecule has 0 N–H and O–H groups in total. The Morgan fingerprint density at radius 2 is 1.93 bits per heavy atom. The molecule has 74 valence electrons. The average molecular weight is 255 g/mol. The van der Waals surface area contributed by atoms with Gasteiger partial charge in [0.1, 0.15) is 5.76 Å². The number of carbonyl (C=O) groups is 1.